The molecule has 0 spiro atoms. The Morgan fingerprint density at radius 1 is 1.53 bits per heavy atom. The van der Waals surface area contributed by atoms with Crippen LogP contribution in [-0.4, -0.2) is 19.3 Å². The number of rotatable bonds is 4. The van der Waals surface area contributed by atoms with Gasteiger partial charge in [-0.3, -0.25) is 0 Å². The molecule has 1 aromatic heterocycles. The first-order valence-corrected chi connectivity index (χ1v) is 9.53. The lowest BCUT2D eigenvalue weighted by molar-refractivity contribution is 0.256. The SMILES string of the molecule is O=S(=O)(NC1(CBr)CCC1)c1cc(Cl)c(Br)s1. The maximum Gasteiger partial charge on any atom is 0.250 e. The van der Waals surface area contributed by atoms with E-state index in [1.54, 1.807) is 0 Å². The maximum atomic E-state index is 12.2. The summed E-state index contributed by atoms with van der Waals surface area (Å²) < 4.78 is 28.0. The Hall–Kier alpha value is 0.860. The Morgan fingerprint density at radius 3 is 2.53 bits per heavy atom. The Bertz CT molecular complexity index is 500. The van der Waals surface area contributed by atoms with E-state index < -0.39 is 10.0 Å². The number of sulfonamides is 1. The van der Waals surface area contributed by atoms with Crippen molar-refractivity contribution in [3.8, 4) is 0 Å². The van der Waals surface area contributed by atoms with Gasteiger partial charge in [0.2, 0.25) is 0 Å². The fourth-order valence-electron chi connectivity index (χ4n) is 1.66. The first-order valence-electron chi connectivity index (χ1n) is 4.93. The van der Waals surface area contributed by atoms with Crippen molar-refractivity contribution in [2.45, 2.75) is 29.0 Å². The molecular formula is C9H10Br2ClNO2S2. The second kappa shape index (κ2) is 5.09. The van der Waals surface area contributed by atoms with Crippen molar-refractivity contribution >= 4 is 64.8 Å². The van der Waals surface area contributed by atoms with E-state index in [0.717, 1.165) is 30.6 Å². The molecule has 8 heteroatoms. The van der Waals surface area contributed by atoms with E-state index >= 15 is 0 Å². The van der Waals surface area contributed by atoms with Crippen molar-refractivity contribution in [2.75, 3.05) is 5.33 Å². The minimum atomic E-state index is -3.47. The molecule has 0 saturated heterocycles. The van der Waals surface area contributed by atoms with Crippen molar-refractivity contribution < 1.29 is 8.42 Å². The van der Waals surface area contributed by atoms with Crippen molar-refractivity contribution in [1.82, 2.24) is 4.72 Å². The largest absolute Gasteiger partial charge is 0.250 e. The van der Waals surface area contributed by atoms with Crippen LogP contribution in [0.4, 0.5) is 0 Å². The third-order valence-electron chi connectivity index (χ3n) is 2.80. The molecule has 96 valence electrons. The summed E-state index contributed by atoms with van der Waals surface area (Å²) >= 11 is 13.6. The maximum absolute atomic E-state index is 12.2. The van der Waals surface area contributed by atoms with Crippen LogP contribution in [-0.2, 0) is 10.0 Å². The monoisotopic (exact) mass is 421 g/mol. The van der Waals surface area contributed by atoms with Crippen molar-refractivity contribution in [2.24, 2.45) is 0 Å². The molecule has 1 saturated carbocycles. The summed E-state index contributed by atoms with van der Waals surface area (Å²) in [7, 11) is -3.47. The zero-order chi connectivity index (χ0) is 12.7. The van der Waals surface area contributed by atoms with Gasteiger partial charge in [-0.1, -0.05) is 27.5 Å². The molecule has 0 amide bonds. The van der Waals surface area contributed by atoms with E-state index in [9.17, 15) is 8.42 Å². The van der Waals surface area contributed by atoms with E-state index in [0.29, 0.717) is 14.1 Å². The molecule has 0 radical (unpaired) electrons. The standard InChI is InChI=1S/C9H10Br2ClNO2S2/c10-5-9(2-1-3-9)13-17(14,15)7-4-6(12)8(11)16-7/h4,13H,1-3,5H2. The quantitative estimate of drug-likeness (QED) is 0.750. The number of thiophene rings is 1. The minimum absolute atomic E-state index is 0.251. The molecule has 1 aliphatic rings. The number of alkyl halides is 1. The Kier molecular flexibility index (Phi) is 4.27. The molecule has 1 N–H and O–H groups in total. The van der Waals surface area contributed by atoms with Crippen LogP contribution in [0.25, 0.3) is 0 Å². The van der Waals surface area contributed by atoms with Gasteiger partial charge in [0.05, 0.1) is 8.81 Å². The van der Waals surface area contributed by atoms with Crippen LogP contribution in [0.5, 0.6) is 0 Å². The van der Waals surface area contributed by atoms with Crippen molar-refractivity contribution in [1.29, 1.82) is 0 Å². The van der Waals surface area contributed by atoms with Crippen LogP contribution in [0.3, 0.4) is 0 Å². The lowest BCUT2D eigenvalue weighted by atomic mass is 9.80. The second-order valence-electron chi connectivity index (χ2n) is 4.06. The minimum Gasteiger partial charge on any atom is -0.206 e. The van der Waals surface area contributed by atoms with Gasteiger partial charge in [0.15, 0.2) is 0 Å². The highest BCUT2D eigenvalue weighted by molar-refractivity contribution is 9.11. The Balaban J connectivity index is 2.25. The summed E-state index contributed by atoms with van der Waals surface area (Å²) in [5.41, 5.74) is -0.318. The molecule has 1 heterocycles. The average molecular weight is 424 g/mol. The third-order valence-corrected chi connectivity index (χ3v) is 8.41. The molecule has 0 aliphatic heterocycles. The predicted octanol–water partition coefficient (Wildman–Crippen LogP) is 3.76. The highest BCUT2D eigenvalue weighted by atomic mass is 79.9. The number of halogens is 3. The second-order valence-corrected chi connectivity index (χ2v) is 9.31. The average Bonchev–Trinajstić information content (AvgIpc) is 2.54. The fraction of sp³-hybridized carbons (Fsp3) is 0.556. The zero-order valence-electron chi connectivity index (χ0n) is 8.67. The van der Waals surface area contributed by atoms with Gasteiger partial charge in [0.25, 0.3) is 10.0 Å². The molecule has 0 aromatic carbocycles. The summed E-state index contributed by atoms with van der Waals surface area (Å²) in [5, 5.41) is 1.07. The van der Waals surface area contributed by atoms with Crippen LogP contribution in [0.2, 0.25) is 5.02 Å². The van der Waals surface area contributed by atoms with E-state index in [1.165, 1.54) is 6.07 Å². The van der Waals surface area contributed by atoms with Gasteiger partial charge < -0.3 is 0 Å². The zero-order valence-corrected chi connectivity index (χ0v) is 14.2. The molecule has 1 fully saturated rings. The first-order chi connectivity index (χ1) is 7.88. The molecule has 17 heavy (non-hydrogen) atoms. The van der Waals surface area contributed by atoms with Gasteiger partial charge in [0, 0.05) is 10.9 Å². The van der Waals surface area contributed by atoms with Gasteiger partial charge in [-0.05, 0) is 41.3 Å². The van der Waals surface area contributed by atoms with Crippen LogP contribution in [0.15, 0.2) is 14.1 Å². The first kappa shape index (κ1) is 14.3. The molecule has 0 bridgehead atoms. The van der Waals surface area contributed by atoms with Crippen molar-refractivity contribution in [3.63, 3.8) is 0 Å². The Labute approximate surface area is 126 Å². The third kappa shape index (κ3) is 2.90. The van der Waals surface area contributed by atoms with E-state index in [1.807, 2.05) is 0 Å². The molecule has 2 rings (SSSR count). The topological polar surface area (TPSA) is 46.2 Å². The molecule has 0 unspecified atom stereocenters. The summed E-state index contributed by atoms with van der Waals surface area (Å²) in [4.78, 5) is 0. The van der Waals surface area contributed by atoms with Gasteiger partial charge >= 0.3 is 0 Å². The molecular weight excluding hydrogens is 413 g/mol. The van der Waals surface area contributed by atoms with Gasteiger partial charge in [-0.2, -0.15) is 0 Å². The van der Waals surface area contributed by atoms with Crippen LogP contribution >= 0.6 is 54.8 Å². The summed E-state index contributed by atoms with van der Waals surface area (Å²) in [6.07, 6.45) is 2.80. The molecule has 1 aliphatic carbocycles. The van der Waals surface area contributed by atoms with Gasteiger partial charge in [-0.25, -0.2) is 13.1 Å². The molecule has 0 atom stereocenters. The van der Waals surface area contributed by atoms with E-state index in [4.69, 9.17) is 11.6 Å². The van der Waals surface area contributed by atoms with Crippen LogP contribution < -0.4 is 4.72 Å². The number of nitrogens with one attached hydrogen (secondary N) is 1. The highest BCUT2D eigenvalue weighted by Crippen LogP contribution is 2.38. The van der Waals surface area contributed by atoms with Gasteiger partial charge in [0.1, 0.15) is 4.21 Å². The highest BCUT2D eigenvalue weighted by Gasteiger charge is 2.40. The summed E-state index contributed by atoms with van der Waals surface area (Å²) in [6.45, 7) is 0. The molecule has 3 nitrogen and oxygen atoms in total. The number of hydrogen-bond donors (Lipinski definition) is 1. The van der Waals surface area contributed by atoms with E-state index in [-0.39, 0.29) is 9.75 Å². The lowest BCUT2D eigenvalue weighted by Gasteiger charge is -2.40. The van der Waals surface area contributed by atoms with Crippen LogP contribution in [0, 0.1) is 0 Å². The van der Waals surface area contributed by atoms with E-state index in [2.05, 4.69) is 36.6 Å². The normalized spacial score (nSPS) is 19.0. The van der Waals surface area contributed by atoms with Crippen molar-refractivity contribution in [3.05, 3.63) is 14.9 Å². The summed E-state index contributed by atoms with van der Waals surface area (Å²) in [5.74, 6) is 0. The predicted molar refractivity (Wildman–Crippen MR) is 77.7 cm³/mol. The smallest absolute Gasteiger partial charge is 0.206 e. The summed E-state index contributed by atoms with van der Waals surface area (Å²) in [6, 6.07) is 1.47. The number of hydrogen-bond acceptors (Lipinski definition) is 3. The lowest BCUT2D eigenvalue weighted by Crippen LogP contribution is -2.54. The fourth-order valence-corrected chi connectivity index (χ4v) is 6.40. The molecule has 1 aromatic rings. The van der Waals surface area contributed by atoms with Crippen LogP contribution in [0.1, 0.15) is 19.3 Å². The Morgan fingerprint density at radius 2 is 2.18 bits per heavy atom. The van der Waals surface area contributed by atoms with Gasteiger partial charge in [-0.15, -0.1) is 11.3 Å².